The highest BCUT2D eigenvalue weighted by Crippen LogP contribution is 2.33. The Morgan fingerprint density at radius 1 is 1.19 bits per heavy atom. The summed E-state index contributed by atoms with van der Waals surface area (Å²) in [7, 11) is 0. The number of aromatic nitrogens is 1. The molecule has 1 aromatic rings. The van der Waals surface area contributed by atoms with Gasteiger partial charge in [-0.05, 0) is 43.5 Å². The van der Waals surface area contributed by atoms with E-state index < -0.39 is 0 Å². The lowest BCUT2D eigenvalue weighted by molar-refractivity contribution is 0.0983. The molecule has 0 aromatic carbocycles. The molecule has 0 saturated heterocycles. The normalized spacial score (nSPS) is 15.4. The number of carbonyl (C=O) groups is 2. The van der Waals surface area contributed by atoms with E-state index in [0.717, 1.165) is 0 Å². The number of aliphatic hydroxyl groups excluding tert-OH is 1. The Kier molecular flexibility index (Phi) is 3.05. The van der Waals surface area contributed by atoms with E-state index in [-0.39, 0.29) is 38.4 Å². The van der Waals surface area contributed by atoms with Gasteiger partial charge in [0.1, 0.15) is 5.69 Å². The highest BCUT2D eigenvalue weighted by atomic mass is 79.9. The molecule has 0 bridgehead atoms. The fraction of sp³-hybridized carbons (Fsp3) is 0.100. The van der Waals surface area contributed by atoms with E-state index in [1.165, 1.54) is 12.3 Å². The van der Waals surface area contributed by atoms with Crippen molar-refractivity contribution in [3.8, 4) is 0 Å². The van der Waals surface area contributed by atoms with Gasteiger partial charge in [0.05, 0.1) is 21.1 Å². The summed E-state index contributed by atoms with van der Waals surface area (Å²) in [6.07, 6.45) is 1.40. The highest BCUT2D eigenvalue weighted by Gasteiger charge is 2.32. The lowest BCUT2D eigenvalue weighted by Crippen LogP contribution is -2.21. The molecule has 0 saturated carbocycles. The van der Waals surface area contributed by atoms with Crippen LogP contribution in [0.4, 0.5) is 0 Å². The van der Waals surface area contributed by atoms with Gasteiger partial charge in [-0.15, -0.1) is 0 Å². The predicted molar refractivity (Wildman–Crippen MR) is 63.7 cm³/mol. The van der Waals surface area contributed by atoms with Gasteiger partial charge in [0.25, 0.3) is 0 Å². The van der Waals surface area contributed by atoms with Crippen LogP contribution in [0.3, 0.4) is 0 Å². The largest absolute Gasteiger partial charge is 0.392 e. The van der Waals surface area contributed by atoms with Gasteiger partial charge in [-0.1, -0.05) is 0 Å². The van der Waals surface area contributed by atoms with Crippen LogP contribution in [0, 0.1) is 0 Å². The molecule has 0 unspecified atom stereocenters. The van der Waals surface area contributed by atoms with Crippen molar-refractivity contribution in [1.29, 1.82) is 0 Å². The third kappa shape index (κ3) is 1.57. The molecule has 1 N–H and O–H groups in total. The first-order valence-corrected chi connectivity index (χ1v) is 5.90. The summed E-state index contributed by atoms with van der Waals surface area (Å²) in [6.45, 7) is -0.304. The summed E-state index contributed by atoms with van der Waals surface area (Å²) in [5.74, 6) is -0.713. The minimum absolute atomic E-state index is 0.0756. The molecular formula is C10H5Br2NO3. The molecule has 0 spiro atoms. The first-order chi connectivity index (χ1) is 7.57. The van der Waals surface area contributed by atoms with E-state index in [4.69, 9.17) is 5.11 Å². The number of fused-ring (bicyclic) bond motifs is 1. The van der Waals surface area contributed by atoms with E-state index in [2.05, 4.69) is 36.8 Å². The van der Waals surface area contributed by atoms with Crippen molar-refractivity contribution < 1.29 is 14.7 Å². The Morgan fingerprint density at radius 2 is 1.81 bits per heavy atom. The fourth-order valence-corrected chi connectivity index (χ4v) is 2.22. The second-order valence-electron chi connectivity index (χ2n) is 3.14. The van der Waals surface area contributed by atoms with Gasteiger partial charge in [0.2, 0.25) is 11.6 Å². The van der Waals surface area contributed by atoms with Crippen molar-refractivity contribution >= 4 is 43.4 Å². The lowest BCUT2D eigenvalue weighted by Gasteiger charge is -2.15. The SMILES string of the molecule is O=C1C(Br)=C(Br)C(=O)c2c(CO)ccnc21. The van der Waals surface area contributed by atoms with E-state index in [1.807, 2.05) is 0 Å². The average molecular weight is 347 g/mol. The summed E-state index contributed by atoms with van der Waals surface area (Å²) in [5.41, 5.74) is 0.650. The summed E-state index contributed by atoms with van der Waals surface area (Å²) in [6, 6.07) is 1.52. The van der Waals surface area contributed by atoms with E-state index in [9.17, 15) is 9.59 Å². The van der Waals surface area contributed by atoms with Crippen molar-refractivity contribution in [2.75, 3.05) is 0 Å². The first kappa shape index (κ1) is 11.6. The Labute approximate surface area is 108 Å². The number of Topliss-reactive ketones (excluding diaryl/α,β-unsaturated/α-hetero) is 2. The molecule has 1 aliphatic carbocycles. The van der Waals surface area contributed by atoms with E-state index in [1.54, 1.807) is 0 Å². The Morgan fingerprint density at radius 3 is 2.44 bits per heavy atom. The monoisotopic (exact) mass is 345 g/mol. The smallest absolute Gasteiger partial charge is 0.220 e. The molecular weight excluding hydrogens is 342 g/mol. The van der Waals surface area contributed by atoms with E-state index >= 15 is 0 Å². The second-order valence-corrected chi connectivity index (χ2v) is 4.72. The summed E-state index contributed by atoms with van der Waals surface area (Å²) in [5, 5.41) is 9.12. The Bertz CT molecular complexity index is 537. The maximum atomic E-state index is 11.9. The van der Waals surface area contributed by atoms with Crippen molar-refractivity contribution in [1.82, 2.24) is 4.98 Å². The van der Waals surface area contributed by atoms with Crippen LogP contribution >= 0.6 is 31.9 Å². The van der Waals surface area contributed by atoms with Crippen LogP contribution in [0.1, 0.15) is 26.4 Å². The molecule has 0 aliphatic heterocycles. The molecule has 2 rings (SSSR count). The van der Waals surface area contributed by atoms with Crippen LogP contribution in [-0.2, 0) is 6.61 Å². The van der Waals surface area contributed by atoms with Crippen LogP contribution in [-0.4, -0.2) is 21.7 Å². The molecule has 0 fully saturated rings. The lowest BCUT2D eigenvalue weighted by atomic mass is 9.95. The minimum Gasteiger partial charge on any atom is -0.392 e. The van der Waals surface area contributed by atoms with E-state index in [0.29, 0.717) is 5.56 Å². The van der Waals surface area contributed by atoms with Crippen molar-refractivity contribution in [3.05, 3.63) is 38.0 Å². The first-order valence-electron chi connectivity index (χ1n) is 4.31. The van der Waals surface area contributed by atoms with Gasteiger partial charge in [-0.2, -0.15) is 0 Å². The summed E-state index contributed by atoms with van der Waals surface area (Å²) >= 11 is 6.08. The summed E-state index contributed by atoms with van der Waals surface area (Å²) < 4.78 is 0.320. The highest BCUT2D eigenvalue weighted by molar-refractivity contribution is 9.14. The van der Waals surface area contributed by atoms with Crippen LogP contribution in [0.5, 0.6) is 0 Å². The van der Waals surface area contributed by atoms with Gasteiger partial charge in [-0.3, -0.25) is 14.6 Å². The maximum Gasteiger partial charge on any atom is 0.220 e. The standard InChI is InChI=1S/C10H5Br2NO3/c11-6-7(12)10(16)8-5(9(6)15)4(3-14)1-2-13-8/h1-2,14H,3H2. The number of hydrogen-bond acceptors (Lipinski definition) is 4. The van der Waals surface area contributed by atoms with Gasteiger partial charge >= 0.3 is 0 Å². The Hall–Kier alpha value is -0.850. The zero-order valence-corrected chi connectivity index (χ0v) is 11.0. The molecule has 0 radical (unpaired) electrons. The average Bonchev–Trinajstić information content (AvgIpc) is 2.32. The van der Waals surface area contributed by atoms with Crippen LogP contribution in [0.25, 0.3) is 0 Å². The molecule has 4 nitrogen and oxygen atoms in total. The minimum atomic E-state index is -0.364. The Balaban J connectivity index is 2.76. The fourth-order valence-electron chi connectivity index (χ4n) is 1.47. The number of ketones is 2. The molecule has 1 aromatic heterocycles. The maximum absolute atomic E-state index is 11.9. The molecule has 1 heterocycles. The number of pyridine rings is 1. The van der Waals surface area contributed by atoms with Crippen molar-refractivity contribution in [2.24, 2.45) is 0 Å². The van der Waals surface area contributed by atoms with Crippen molar-refractivity contribution in [3.63, 3.8) is 0 Å². The van der Waals surface area contributed by atoms with Gasteiger partial charge in [0.15, 0.2) is 0 Å². The van der Waals surface area contributed by atoms with Crippen LogP contribution in [0.2, 0.25) is 0 Å². The number of carbonyl (C=O) groups excluding carboxylic acids is 2. The molecule has 16 heavy (non-hydrogen) atoms. The second kappa shape index (κ2) is 4.20. The predicted octanol–water partition coefficient (Wildman–Crippen LogP) is 1.95. The molecule has 6 heteroatoms. The number of rotatable bonds is 1. The number of aliphatic hydroxyl groups is 1. The summed E-state index contributed by atoms with van der Waals surface area (Å²) in [4.78, 5) is 27.6. The molecule has 0 amide bonds. The van der Waals surface area contributed by atoms with Gasteiger partial charge < -0.3 is 5.11 Å². The molecule has 1 aliphatic rings. The van der Waals surface area contributed by atoms with Gasteiger partial charge in [0, 0.05) is 6.20 Å². The molecule has 0 atom stereocenters. The zero-order chi connectivity index (χ0) is 11.9. The topological polar surface area (TPSA) is 67.3 Å². The molecule has 82 valence electrons. The van der Waals surface area contributed by atoms with Crippen LogP contribution in [0.15, 0.2) is 21.2 Å². The number of nitrogens with zero attached hydrogens (tertiary/aromatic N) is 1. The zero-order valence-electron chi connectivity index (χ0n) is 7.83. The quantitative estimate of drug-likeness (QED) is 0.844. The van der Waals surface area contributed by atoms with Gasteiger partial charge in [-0.25, -0.2) is 0 Å². The van der Waals surface area contributed by atoms with Crippen LogP contribution < -0.4 is 0 Å². The number of allylic oxidation sites excluding steroid dienone is 2. The third-order valence-corrected chi connectivity index (χ3v) is 4.29. The number of halogens is 2. The number of hydrogen-bond donors (Lipinski definition) is 1. The van der Waals surface area contributed by atoms with Crippen molar-refractivity contribution in [2.45, 2.75) is 6.61 Å². The third-order valence-electron chi connectivity index (χ3n) is 2.24.